The van der Waals surface area contributed by atoms with Gasteiger partial charge in [-0.05, 0) is 19.1 Å². The summed E-state index contributed by atoms with van der Waals surface area (Å²) in [4.78, 5) is 18.7. The predicted octanol–water partition coefficient (Wildman–Crippen LogP) is 1.97. The third kappa shape index (κ3) is 3.35. The van der Waals surface area contributed by atoms with Crippen LogP contribution in [0.3, 0.4) is 0 Å². The lowest BCUT2D eigenvalue weighted by Crippen LogP contribution is -2.45. The molecule has 1 amide bonds. The molecule has 2 aromatic rings. The number of carbonyl (C=O) groups excluding carboxylic acids is 1. The first-order valence-electron chi connectivity index (χ1n) is 8.37. The van der Waals surface area contributed by atoms with E-state index >= 15 is 0 Å². The number of amides is 1. The second-order valence-electron chi connectivity index (χ2n) is 6.27. The minimum atomic E-state index is -0.408. The van der Waals surface area contributed by atoms with Crippen LogP contribution in [0, 0.1) is 6.92 Å². The number of ether oxygens (including phenoxy) is 2. The number of carbonyl (C=O) groups is 1. The molecule has 0 bridgehead atoms. The highest BCUT2D eigenvalue weighted by Gasteiger charge is 2.39. The van der Waals surface area contributed by atoms with Crippen molar-refractivity contribution in [2.45, 2.75) is 25.6 Å². The maximum Gasteiger partial charge on any atom is 0.275 e. The first-order valence-corrected chi connectivity index (χ1v) is 8.37. The van der Waals surface area contributed by atoms with Crippen molar-refractivity contribution in [1.29, 1.82) is 0 Å². The Labute approximate surface area is 145 Å². The minimum absolute atomic E-state index is 0.314. The number of aryl methyl sites for hydroxylation is 1. The van der Waals surface area contributed by atoms with E-state index in [9.17, 15) is 4.79 Å². The fourth-order valence-electron chi connectivity index (χ4n) is 3.24. The molecule has 0 unspecified atom stereocenters. The van der Waals surface area contributed by atoms with Gasteiger partial charge in [0.05, 0.1) is 13.2 Å². The Kier molecular flexibility index (Phi) is 4.14. The Balaban J connectivity index is 1.43. The molecule has 4 rings (SSSR count). The van der Waals surface area contributed by atoms with Crippen LogP contribution in [0.25, 0.3) is 0 Å². The molecule has 2 saturated heterocycles. The van der Waals surface area contributed by atoms with Gasteiger partial charge in [0.15, 0.2) is 11.6 Å². The van der Waals surface area contributed by atoms with Gasteiger partial charge in [-0.15, -0.1) is 0 Å². The van der Waals surface area contributed by atoms with Gasteiger partial charge in [-0.1, -0.05) is 5.16 Å². The lowest BCUT2D eigenvalue weighted by Gasteiger charge is -2.38. The number of hydrogen-bond acceptors (Lipinski definition) is 7. The number of anilines is 2. The van der Waals surface area contributed by atoms with E-state index in [0.717, 1.165) is 31.6 Å². The normalized spacial score (nSPS) is 19.3. The molecule has 8 nitrogen and oxygen atoms in total. The molecule has 8 heteroatoms. The fraction of sp³-hybridized carbons (Fsp3) is 0.471. The molecule has 1 spiro atoms. The molecule has 0 saturated carbocycles. The maximum atomic E-state index is 12.3. The molecule has 25 heavy (non-hydrogen) atoms. The first kappa shape index (κ1) is 16.0. The number of nitrogens with one attached hydrogen (secondary N) is 1. The van der Waals surface area contributed by atoms with Crippen molar-refractivity contribution in [3.63, 3.8) is 0 Å². The summed E-state index contributed by atoms with van der Waals surface area (Å²) in [6.45, 7) is 4.73. The van der Waals surface area contributed by atoms with Crippen molar-refractivity contribution in [3.05, 3.63) is 35.9 Å². The average Bonchev–Trinajstić information content (AvgIpc) is 3.25. The molecular weight excluding hydrogens is 324 g/mol. The zero-order valence-corrected chi connectivity index (χ0v) is 14.0. The molecule has 1 N–H and O–H groups in total. The van der Waals surface area contributed by atoms with E-state index in [0.29, 0.717) is 30.5 Å². The molecule has 0 aliphatic carbocycles. The van der Waals surface area contributed by atoms with Crippen molar-refractivity contribution in [3.8, 4) is 0 Å². The highest BCUT2D eigenvalue weighted by Crippen LogP contribution is 2.33. The van der Waals surface area contributed by atoms with Crippen LogP contribution in [-0.4, -0.2) is 48.1 Å². The van der Waals surface area contributed by atoms with Gasteiger partial charge in [0.1, 0.15) is 11.5 Å². The third-order valence-electron chi connectivity index (χ3n) is 4.55. The van der Waals surface area contributed by atoms with E-state index in [1.54, 1.807) is 25.3 Å². The number of rotatable bonds is 3. The van der Waals surface area contributed by atoms with Crippen molar-refractivity contribution < 1.29 is 18.8 Å². The predicted molar refractivity (Wildman–Crippen MR) is 89.5 cm³/mol. The summed E-state index contributed by atoms with van der Waals surface area (Å²) in [5.74, 6) is 0.293. The molecule has 0 radical (unpaired) electrons. The Hall–Kier alpha value is -2.45. The smallest absolute Gasteiger partial charge is 0.275 e. The molecule has 2 aliphatic rings. The lowest BCUT2D eigenvalue weighted by atomic mass is 10.0. The van der Waals surface area contributed by atoms with Gasteiger partial charge in [-0.2, -0.15) is 0 Å². The third-order valence-corrected chi connectivity index (χ3v) is 4.55. The fourth-order valence-corrected chi connectivity index (χ4v) is 3.24. The van der Waals surface area contributed by atoms with E-state index in [-0.39, 0.29) is 5.91 Å². The van der Waals surface area contributed by atoms with Gasteiger partial charge in [-0.25, -0.2) is 0 Å². The van der Waals surface area contributed by atoms with Crippen molar-refractivity contribution in [2.24, 2.45) is 0 Å². The lowest BCUT2D eigenvalue weighted by molar-refractivity contribution is -0.169. The molecule has 2 aliphatic heterocycles. The standard InChI is InChI=1S/C17H20N4O4/c1-12-10-15(20-25-12)19-16(22)14-11-13(2-5-18-14)21-6-3-17(4-7-21)23-8-9-24-17/h2,5,10-11H,3-4,6-9H2,1H3,(H,19,20,22). The van der Waals surface area contributed by atoms with Crippen LogP contribution in [0.1, 0.15) is 29.1 Å². The highest BCUT2D eigenvalue weighted by molar-refractivity contribution is 6.02. The maximum absolute atomic E-state index is 12.3. The van der Waals surface area contributed by atoms with Crippen LogP contribution in [-0.2, 0) is 9.47 Å². The molecular formula is C17H20N4O4. The Morgan fingerprint density at radius 3 is 2.68 bits per heavy atom. The van der Waals surface area contributed by atoms with Gasteiger partial charge >= 0.3 is 0 Å². The van der Waals surface area contributed by atoms with Gasteiger partial charge in [0.2, 0.25) is 0 Å². The molecule has 0 aromatic carbocycles. The van der Waals surface area contributed by atoms with Gasteiger partial charge in [0.25, 0.3) is 5.91 Å². The molecule has 132 valence electrons. The van der Waals surface area contributed by atoms with Crippen LogP contribution in [0.4, 0.5) is 11.5 Å². The van der Waals surface area contributed by atoms with Crippen LogP contribution >= 0.6 is 0 Å². The average molecular weight is 344 g/mol. The quantitative estimate of drug-likeness (QED) is 0.910. The second-order valence-corrected chi connectivity index (χ2v) is 6.27. The minimum Gasteiger partial charge on any atom is -0.371 e. The van der Waals surface area contributed by atoms with Crippen LogP contribution < -0.4 is 10.2 Å². The SMILES string of the molecule is Cc1cc(NC(=O)c2cc(N3CCC4(CC3)OCCO4)ccn2)no1. The number of aromatic nitrogens is 2. The number of piperidine rings is 1. The van der Waals surface area contributed by atoms with Crippen molar-refractivity contribution in [1.82, 2.24) is 10.1 Å². The largest absolute Gasteiger partial charge is 0.371 e. The monoisotopic (exact) mass is 344 g/mol. The van der Waals surface area contributed by atoms with Crippen molar-refractivity contribution in [2.75, 3.05) is 36.5 Å². The van der Waals surface area contributed by atoms with Crippen molar-refractivity contribution >= 4 is 17.4 Å². The highest BCUT2D eigenvalue weighted by atomic mass is 16.7. The second kappa shape index (κ2) is 6.45. The summed E-state index contributed by atoms with van der Waals surface area (Å²) >= 11 is 0. The Morgan fingerprint density at radius 1 is 1.24 bits per heavy atom. The summed E-state index contributed by atoms with van der Waals surface area (Å²) in [6.07, 6.45) is 3.27. The molecule has 4 heterocycles. The summed E-state index contributed by atoms with van der Waals surface area (Å²) in [5.41, 5.74) is 1.30. The summed E-state index contributed by atoms with van der Waals surface area (Å²) in [5, 5.41) is 6.45. The van der Waals surface area contributed by atoms with E-state index in [4.69, 9.17) is 14.0 Å². The number of hydrogen-bond donors (Lipinski definition) is 1. The number of nitrogens with zero attached hydrogens (tertiary/aromatic N) is 3. The van der Waals surface area contributed by atoms with E-state index in [1.165, 1.54) is 0 Å². The van der Waals surface area contributed by atoms with Crippen LogP contribution in [0.15, 0.2) is 28.9 Å². The summed E-state index contributed by atoms with van der Waals surface area (Å²) < 4.78 is 16.5. The zero-order valence-electron chi connectivity index (χ0n) is 14.0. The molecule has 0 atom stereocenters. The van der Waals surface area contributed by atoms with E-state index < -0.39 is 5.79 Å². The van der Waals surface area contributed by atoms with Crippen LogP contribution in [0.5, 0.6) is 0 Å². The van der Waals surface area contributed by atoms with Gasteiger partial charge in [0, 0.05) is 43.9 Å². The molecule has 2 aromatic heterocycles. The first-order chi connectivity index (χ1) is 12.1. The topological polar surface area (TPSA) is 89.7 Å². The Bertz CT molecular complexity index is 760. The Morgan fingerprint density at radius 2 is 2.00 bits per heavy atom. The number of pyridine rings is 1. The van der Waals surface area contributed by atoms with Gasteiger partial charge in [-0.3, -0.25) is 9.78 Å². The van der Waals surface area contributed by atoms with Crippen LogP contribution in [0.2, 0.25) is 0 Å². The summed E-state index contributed by atoms with van der Waals surface area (Å²) in [6, 6.07) is 5.36. The summed E-state index contributed by atoms with van der Waals surface area (Å²) in [7, 11) is 0. The van der Waals surface area contributed by atoms with E-state index in [2.05, 4.69) is 20.4 Å². The van der Waals surface area contributed by atoms with Gasteiger partial charge < -0.3 is 24.2 Å². The molecule has 2 fully saturated rings. The zero-order chi connectivity index (χ0) is 17.3. The van der Waals surface area contributed by atoms with E-state index in [1.807, 2.05) is 6.07 Å².